The van der Waals surface area contributed by atoms with Gasteiger partial charge in [0.05, 0.1) is 11.6 Å². The molecular formula is C23H24F3IN4O. The topological polar surface area (TPSA) is 59.8 Å². The predicted molar refractivity (Wildman–Crippen MR) is 126 cm³/mol. The van der Waals surface area contributed by atoms with Crippen LogP contribution in [0, 0.1) is 12.8 Å². The first-order valence-corrected chi connectivity index (χ1v) is 11.9. The van der Waals surface area contributed by atoms with E-state index in [4.69, 9.17) is 5.10 Å². The molecule has 4 rings (SSSR count). The molecule has 170 valence electrons. The minimum absolute atomic E-state index is 0.281. The SMILES string of the molecule is Cc1cc2nn(C3CCC(C(C)I)CC3)cc2cc1NC(=O)c1cccc(C(F)(F)F)n1. The van der Waals surface area contributed by atoms with Crippen molar-refractivity contribution in [2.75, 3.05) is 5.32 Å². The van der Waals surface area contributed by atoms with Crippen LogP contribution in [-0.4, -0.2) is 24.6 Å². The van der Waals surface area contributed by atoms with E-state index in [2.05, 4.69) is 39.8 Å². The summed E-state index contributed by atoms with van der Waals surface area (Å²) in [6, 6.07) is 7.36. The van der Waals surface area contributed by atoms with Crippen molar-refractivity contribution >= 4 is 45.1 Å². The van der Waals surface area contributed by atoms with E-state index in [0.717, 1.165) is 41.3 Å². The van der Waals surface area contributed by atoms with Crippen LogP contribution < -0.4 is 5.32 Å². The maximum Gasteiger partial charge on any atom is 0.433 e. The van der Waals surface area contributed by atoms with E-state index in [1.54, 1.807) is 0 Å². The van der Waals surface area contributed by atoms with Crippen LogP contribution in [0.15, 0.2) is 36.5 Å². The molecule has 0 radical (unpaired) electrons. The Kier molecular flexibility index (Phi) is 6.46. The first-order chi connectivity index (χ1) is 15.1. The second-order valence-electron chi connectivity index (χ2n) is 8.44. The number of carbonyl (C=O) groups excluding carboxylic acids is 1. The first kappa shape index (κ1) is 23.0. The van der Waals surface area contributed by atoms with Gasteiger partial charge >= 0.3 is 6.18 Å². The number of aromatic nitrogens is 3. The van der Waals surface area contributed by atoms with E-state index >= 15 is 0 Å². The summed E-state index contributed by atoms with van der Waals surface area (Å²) in [5.41, 5.74) is 0.776. The highest BCUT2D eigenvalue weighted by atomic mass is 127. The lowest BCUT2D eigenvalue weighted by molar-refractivity contribution is -0.141. The number of amides is 1. The summed E-state index contributed by atoms with van der Waals surface area (Å²) in [7, 11) is 0. The third kappa shape index (κ3) is 4.92. The van der Waals surface area contributed by atoms with Crippen LogP contribution >= 0.6 is 22.6 Å². The average Bonchev–Trinajstić information content (AvgIpc) is 3.16. The van der Waals surface area contributed by atoms with Crippen LogP contribution in [0.25, 0.3) is 10.9 Å². The Bertz CT molecular complexity index is 1130. The molecular weight excluding hydrogens is 532 g/mol. The molecule has 9 heteroatoms. The van der Waals surface area contributed by atoms with Crippen molar-refractivity contribution in [2.45, 2.75) is 55.7 Å². The van der Waals surface area contributed by atoms with Crippen molar-refractivity contribution in [1.29, 1.82) is 0 Å². The number of anilines is 1. The number of halogens is 4. The quantitative estimate of drug-likeness (QED) is 0.292. The molecule has 32 heavy (non-hydrogen) atoms. The highest BCUT2D eigenvalue weighted by molar-refractivity contribution is 14.1. The molecule has 2 aromatic heterocycles. The maximum atomic E-state index is 12.9. The third-order valence-electron chi connectivity index (χ3n) is 6.15. The zero-order valence-electron chi connectivity index (χ0n) is 17.8. The van der Waals surface area contributed by atoms with Gasteiger partial charge in [0.15, 0.2) is 0 Å². The molecule has 0 bridgehead atoms. The minimum atomic E-state index is -4.60. The highest BCUT2D eigenvalue weighted by Gasteiger charge is 2.33. The van der Waals surface area contributed by atoms with Crippen LogP contribution in [0.1, 0.15) is 60.4 Å². The van der Waals surface area contributed by atoms with Gasteiger partial charge in [0.1, 0.15) is 11.4 Å². The summed E-state index contributed by atoms with van der Waals surface area (Å²) in [5.74, 6) is 0.0718. The van der Waals surface area contributed by atoms with Gasteiger partial charge in [0, 0.05) is 21.2 Å². The number of hydrogen-bond acceptors (Lipinski definition) is 3. The molecule has 0 saturated heterocycles. The first-order valence-electron chi connectivity index (χ1n) is 10.6. The number of rotatable bonds is 4. The molecule has 1 fully saturated rings. The van der Waals surface area contributed by atoms with E-state index in [1.165, 1.54) is 25.0 Å². The number of nitrogens with one attached hydrogen (secondary N) is 1. The number of nitrogens with zero attached hydrogens (tertiary/aromatic N) is 3. The van der Waals surface area contributed by atoms with Crippen LogP contribution in [0.5, 0.6) is 0 Å². The number of hydrogen-bond donors (Lipinski definition) is 1. The number of carbonyl (C=O) groups is 1. The third-order valence-corrected chi connectivity index (χ3v) is 7.17. The number of alkyl halides is 4. The van der Waals surface area contributed by atoms with Gasteiger partial charge < -0.3 is 5.32 Å². The monoisotopic (exact) mass is 556 g/mol. The Balaban J connectivity index is 1.53. The van der Waals surface area contributed by atoms with Crippen molar-refractivity contribution in [1.82, 2.24) is 14.8 Å². The molecule has 1 saturated carbocycles. The predicted octanol–water partition coefficient (Wildman–Crippen LogP) is 6.57. The summed E-state index contributed by atoms with van der Waals surface area (Å²) in [6.45, 7) is 4.10. The number of pyridine rings is 1. The fourth-order valence-electron chi connectivity index (χ4n) is 4.25. The van der Waals surface area contributed by atoms with Crippen molar-refractivity contribution in [3.05, 3.63) is 53.5 Å². The molecule has 1 aromatic carbocycles. The highest BCUT2D eigenvalue weighted by Crippen LogP contribution is 2.36. The number of aryl methyl sites for hydroxylation is 1. The molecule has 1 aliphatic rings. The summed E-state index contributed by atoms with van der Waals surface area (Å²) in [4.78, 5) is 16.0. The Morgan fingerprint density at radius 2 is 1.94 bits per heavy atom. The van der Waals surface area contributed by atoms with Crippen LogP contribution in [0.4, 0.5) is 18.9 Å². The van der Waals surface area contributed by atoms with E-state index in [1.807, 2.05) is 29.9 Å². The fraction of sp³-hybridized carbons (Fsp3) is 0.435. The summed E-state index contributed by atoms with van der Waals surface area (Å²) >= 11 is 2.50. The van der Waals surface area contributed by atoms with Crippen LogP contribution in [-0.2, 0) is 6.18 Å². The Morgan fingerprint density at radius 1 is 1.22 bits per heavy atom. The summed E-state index contributed by atoms with van der Waals surface area (Å²) in [5, 5.41) is 8.33. The van der Waals surface area contributed by atoms with Gasteiger partial charge in [0.25, 0.3) is 5.91 Å². The van der Waals surface area contributed by atoms with Gasteiger partial charge in [-0.1, -0.05) is 35.6 Å². The maximum absolute atomic E-state index is 12.9. The Hall–Kier alpha value is -2.17. The molecule has 1 N–H and O–H groups in total. The number of benzene rings is 1. The molecule has 1 atom stereocenters. The zero-order valence-corrected chi connectivity index (χ0v) is 19.9. The molecule has 0 spiro atoms. The fourth-order valence-corrected chi connectivity index (χ4v) is 4.97. The molecule has 1 aliphatic carbocycles. The van der Waals surface area contributed by atoms with Crippen molar-refractivity contribution in [3.63, 3.8) is 0 Å². The van der Waals surface area contributed by atoms with Crippen LogP contribution in [0.2, 0.25) is 0 Å². The standard InChI is InChI=1S/C23H24F3IN4O/c1-13-10-20-16(12-31(30-20)17-8-6-15(7-9-17)14(2)27)11-19(13)29-22(32)18-4-3-5-21(28-18)23(24,25)26/h3-5,10-12,14-15,17H,6-9H2,1-2H3,(H,29,32). The zero-order chi connectivity index (χ0) is 23.0. The van der Waals surface area contributed by atoms with Gasteiger partial charge in [-0.15, -0.1) is 0 Å². The molecule has 1 amide bonds. The van der Waals surface area contributed by atoms with E-state index in [0.29, 0.717) is 15.7 Å². The lowest BCUT2D eigenvalue weighted by atomic mass is 9.84. The lowest BCUT2D eigenvalue weighted by Crippen LogP contribution is -2.22. The van der Waals surface area contributed by atoms with E-state index < -0.39 is 17.8 Å². The van der Waals surface area contributed by atoms with Gasteiger partial charge in [-0.05, 0) is 68.4 Å². The van der Waals surface area contributed by atoms with Crippen LogP contribution in [0.3, 0.4) is 0 Å². The Morgan fingerprint density at radius 3 is 2.59 bits per heavy atom. The molecule has 5 nitrogen and oxygen atoms in total. The van der Waals surface area contributed by atoms with Crippen molar-refractivity contribution in [2.24, 2.45) is 5.92 Å². The second-order valence-corrected chi connectivity index (χ2v) is 10.4. The average molecular weight is 556 g/mol. The molecule has 2 heterocycles. The van der Waals surface area contributed by atoms with E-state index in [-0.39, 0.29) is 5.69 Å². The number of fused-ring (bicyclic) bond motifs is 1. The van der Waals surface area contributed by atoms with Gasteiger partial charge in [-0.25, -0.2) is 4.98 Å². The van der Waals surface area contributed by atoms with E-state index in [9.17, 15) is 18.0 Å². The normalized spacial score (nSPS) is 20.3. The van der Waals surface area contributed by atoms with Gasteiger partial charge in [-0.2, -0.15) is 18.3 Å². The van der Waals surface area contributed by atoms with Crippen molar-refractivity contribution < 1.29 is 18.0 Å². The van der Waals surface area contributed by atoms with Crippen molar-refractivity contribution in [3.8, 4) is 0 Å². The summed E-state index contributed by atoms with van der Waals surface area (Å²) < 4.78 is 41.4. The molecule has 3 aromatic rings. The van der Waals surface area contributed by atoms with Gasteiger partial charge in [0.2, 0.25) is 0 Å². The lowest BCUT2D eigenvalue weighted by Gasteiger charge is -2.30. The molecule has 0 aliphatic heterocycles. The summed E-state index contributed by atoms with van der Waals surface area (Å²) in [6.07, 6.45) is 1.95. The second kappa shape index (κ2) is 8.99. The minimum Gasteiger partial charge on any atom is -0.320 e. The molecule has 1 unspecified atom stereocenters. The van der Waals surface area contributed by atoms with Gasteiger partial charge in [-0.3, -0.25) is 9.48 Å². The smallest absolute Gasteiger partial charge is 0.320 e. The largest absolute Gasteiger partial charge is 0.433 e. The Labute approximate surface area is 197 Å².